The van der Waals surface area contributed by atoms with Crippen LogP contribution in [0.5, 0.6) is 0 Å². The van der Waals surface area contributed by atoms with Crippen LogP contribution in [0.1, 0.15) is 18.6 Å². The number of halogens is 1. The molecule has 0 bridgehead atoms. The zero-order valence-electron chi connectivity index (χ0n) is 9.72. The summed E-state index contributed by atoms with van der Waals surface area (Å²) in [5.74, 6) is 0. The zero-order chi connectivity index (χ0) is 12.9. The minimum atomic E-state index is -3.67. The lowest BCUT2D eigenvalue weighted by molar-refractivity contribution is 0.00277. The van der Waals surface area contributed by atoms with E-state index in [4.69, 9.17) is 20.2 Å². The zero-order valence-corrected chi connectivity index (χ0v) is 11.3. The van der Waals surface area contributed by atoms with Gasteiger partial charge in [-0.3, -0.25) is 0 Å². The molecule has 0 spiro atoms. The highest BCUT2D eigenvalue weighted by molar-refractivity contribution is 8.13. The smallest absolute Gasteiger partial charge is 0.261 e. The Kier molecular flexibility index (Phi) is 5.39. The number of benzene rings is 1. The first-order chi connectivity index (χ1) is 7.99. The Balaban J connectivity index is 2.91. The van der Waals surface area contributed by atoms with Crippen molar-refractivity contribution in [2.45, 2.75) is 17.9 Å². The monoisotopic (exact) mass is 278 g/mol. The summed E-state index contributed by atoms with van der Waals surface area (Å²) in [7, 11) is 3.15. The molecule has 0 fully saturated rings. The molecule has 1 rings (SSSR count). The highest BCUT2D eigenvalue weighted by atomic mass is 35.7. The molecule has 0 aliphatic carbocycles. The molecule has 0 aliphatic rings. The highest BCUT2D eigenvalue weighted by Crippen LogP contribution is 2.21. The van der Waals surface area contributed by atoms with Gasteiger partial charge in [0.05, 0.1) is 11.5 Å². The van der Waals surface area contributed by atoms with E-state index in [1.807, 2.05) is 6.92 Å². The largest absolute Gasteiger partial charge is 0.382 e. The fraction of sp³-hybridized carbons (Fsp3) is 0.455. The van der Waals surface area contributed by atoms with Crippen molar-refractivity contribution in [3.05, 3.63) is 29.8 Å². The van der Waals surface area contributed by atoms with Gasteiger partial charge in [0.25, 0.3) is 9.05 Å². The minimum Gasteiger partial charge on any atom is -0.382 e. The Hall–Kier alpha value is -0.620. The summed E-state index contributed by atoms with van der Waals surface area (Å²) >= 11 is 0. The second-order valence-corrected chi connectivity index (χ2v) is 5.97. The Morgan fingerprint density at radius 3 is 2.29 bits per heavy atom. The Bertz CT molecular complexity index is 435. The topological polar surface area (TPSA) is 52.6 Å². The normalized spacial score (nSPS) is 13.6. The van der Waals surface area contributed by atoms with Crippen LogP contribution in [0.15, 0.2) is 29.2 Å². The van der Waals surface area contributed by atoms with E-state index in [1.165, 1.54) is 12.1 Å². The van der Waals surface area contributed by atoms with Gasteiger partial charge in [0.1, 0.15) is 6.10 Å². The Labute approximate surface area is 106 Å². The molecule has 1 atom stereocenters. The highest BCUT2D eigenvalue weighted by Gasteiger charge is 2.14. The van der Waals surface area contributed by atoms with Crippen LogP contribution in [-0.2, 0) is 18.5 Å². The van der Waals surface area contributed by atoms with Crippen molar-refractivity contribution >= 4 is 19.7 Å². The maximum atomic E-state index is 11.1. The molecule has 4 nitrogen and oxygen atoms in total. The van der Waals surface area contributed by atoms with E-state index in [0.29, 0.717) is 13.2 Å². The molecule has 1 aromatic rings. The average Bonchev–Trinajstić information content (AvgIpc) is 2.28. The molecule has 0 saturated heterocycles. The third-order valence-corrected chi connectivity index (χ3v) is 3.59. The number of hydrogen-bond donors (Lipinski definition) is 0. The molecule has 17 heavy (non-hydrogen) atoms. The van der Waals surface area contributed by atoms with Crippen molar-refractivity contribution in [3.63, 3.8) is 0 Å². The van der Waals surface area contributed by atoms with Gasteiger partial charge in [0.15, 0.2) is 0 Å². The molecule has 96 valence electrons. The van der Waals surface area contributed by atoms with Crippen molar-refractivity contribution in [2.75, 3.05) is 20.3 Å². The standard InChI is InChI=1S/C11H15ClO4S/c1-3-16-11(8-15-2)9-4-6-10(7-5-9)17(12,13)14/h4-7,11H,3,8H2,1-2H3/t11-/m1/s1. The SMILES string of the molecule is CCO[C@H](COC)c1ccc(S(=O)(=O)Cl)cc1. The van der Waals surface area contributed by atoms with Gasteiger partial charge in [0, 0.05) is 24.4 Å². The van der Waals surface area contributed by atoms with Gasteiger partial charge >= 0.3 is 0 Å². The third-order valence-electron chi connectivity index (χ3n) is 2.22. The van der Waals surface area contributed by atoms with Crippen molar-refractivity contribution in [3.8, 4) is 0 Å². The molecule has 0 amide bonds. The van der Waals surface area contributed by atoms with Crippen molar-refractivity contribution in [2.24, 2.45) is 0 Å². The van der Waals surface area contributed by atoms with E-state index >= 15 is 0 Å². The summed E-state index contributed by atoms with van der Waals surface area (Å²) in [6, 6.07) is 6.27. The lowest BCUT2D eigenvalue weighted by Gasteiger charge is -2.16. The predicted octanol–water partition coefficient (Wildman–Crippen LogP) is 2.34. The van der Waals surface area contributed by atoms with Gasteiger partial charge in [-0.1, -0.05) is 12.1 Å². The first-order valence-electron chi connectivity index (χ1n) is 5.14. The van der Waals surface area contributed by atoms with E-state index in [2.05, 4.69) is 0 Å². The lowest BCUT2D eigenvalue weighted by atomic mass is 10.1. The van der Waals surface area contributed by atoms with Crippen LogP contribution >= 0.6 is 10.7 Å². The van der Waals surface area contributed by atoms with E-state index in [1.54, 1.807) is 19.2 Å². The van der Waals surface area contributed by atoms with E-state index in [-0.39, 0.29) is 11.0 Å². The first-order valence-corrected chi connectivity index (χ1v) is 7.45. The van der Waals surface area contributed by atoms with Crippen molar-refractivity contribution in [1.82, 2.24) is 0 Å². The van der Waals surface area contributed by atoms with E-state index < -0.39 is 9.05 Å². The van der Waals surface area contributed by atoms with Gasteiger partial charge in [-0.2, -0.15) is 0 Å². The van der Waals surface area contributed by atoms with Crippen LogP contribution in [0.3, 0.4) is 0 Å². The molecule has 0 unspecified atom stereocenters. The number of rotatable bonds is 6. The van der Waals surface area contributed by atoms with Gasteiger partial charge < -0.3 is 9.47 Å². The maximum Gasteiger partial charge on any atom is 0.261 e. The van der Waals surface area contributed by atoms with Gasteiger partial charge in [0.2, 0.25) is 0 Å². The predicted molar refractivity (Wildman–Crippen MR) is 65.7 cm³/mol. The molecular formula is C11H15ClO4S. The van der Waals surface area contributed by atoms with Gasteiger partial charge in [-0.05, 0) is 24.6 Å². The van der Waals surface area contributed by atoms with Crippen LogP contribution in [0.4, 0.5) is 0 Å². The number of methoxy groups -OCH3 is 1. The maximum absolute atomic E-state index is 11.1. The third kappa shape index (κ3) is 4.27. The summed E-state index contributed by atoms with van der Waals surface area (Å²) in [5.41, 5.74) is 0.859. The Morgan fingerprint density at radius 2 is 1.88 bits per heavy atom. The van der Waals surface area contributed by atoms with Crippen LogP contribution in [0, 0.1) is 0 Å². The summed E-state index contributed by atoms with van der Waals surface area (Å²) in [5, 5.41) is 0. The molecular weight excluding hydrogens is 264 g/mol. The quantitative estimate of drug-likeness (QED) is 0.750. The van der Waals surface area contributed by atoms with Crippen LogP contribution in [-0.4, -0.2) is 28.7 Å². The number of hydrogen-bond acceptors (Lipinski definition) is 4. The Morgan fingerprint density at radius 1 is 1.29 bits per heavy atom. The van der Waals surface area contributed by atoms with Gasteiger partial charge in [-0.25, -0.2) is 8.42 Å². The summed E-state index contributed by atoms with van der Waals surface area (Å²) in [6.07, 6.45) is -0.197. The van der Waals surface area contributed by atoms with Crippen LogP contribution < -0.4 is 0 Å². The summed E-state index contributed by atoms with van der Waals surface area (Å²) < 4.78 is 32.7. The summed E-state index contributed by atoms with van der Waals surface area (Å²) in [6.45, 7) is 2.87. The van der Waals surface area contributed by atoms with Gasteiger partial charge in [-0.15, -0.1) is 0 Å². The molecule has 6 heteroatoms. The first kappa shape index (κ1) is 14.4. The van der Waals surface area contributed by atoms with Crippen LogP contribution in [0.2, 0.25) is 0 Å². The molecule has 0 radical (unpaired) electrons. The fourth-order valence-corrected chi connectivity index (χ4v) is 2.21. The fourth-order valence-electron chi connectivity index (χ4n) is 1.44. The lowest BCUT2D eigenvalue weighted by Crippen LogP contribution is -2.10. The summed E-state index contributed by atoms with van der Waals surface area (Å²) in [4.78, 5) is 0.0792. The van der Waals surface area contributed by atoms with Crippen molar-refractivity contribution in [1.29, 1.82) is 0 Å². The molecule has 0 saturated carbocycles. The average molecular weight is 279 g/mol. The second-order valence-electron chi connectivity index (χ2n) is 3.41. The van der Waals surface area contributed by atoms with E-state index in [0.717, 1.165) is 5.56 Å². The minimum absolute atomic E-state index is 0.0792. The number of ether oxygens (including phenoxy) is 2. The van der Waals surface area contributed by atoms with E-state index in [9.17, 15) is 8.42 Å². The second kappa shape index (κ2) is 6.35. The molecule has 0 aromatic heterocycles. The van der Waals surface area contributed by atoms with Crippen molar-refractivity contribution < 1.29 is 17.9 Å². The molecule has 0 heterocycles. The molecule has 0 aliphatic heterocycles. The molecule has 1 aromatic carbocycles. The van der Waals surface area contributed by atoms with Crippen LogP contribution in [0.25, 0.3) is 0 Å². The molecule has 0 N–H and O–H groups in total.